The molecule has 0 radical (unpaired) electrons. The number of aromatic nitrogens is 1. The van der Waals surface area contributed by atoms with Gasteiger partial charge in [-0.15, -0.1) is 11.3 Å². The SMILES string of the molecule is COCCNC(=O)/C(C#N)=c1\s/c(=C\c2ccc(Cl)c(Cl)c2)c(=O)n1CCOC. The molecule has 0 fully saturated rings. The van der Waals surface area contributed by atoms with Crippen LogP contribution in [0.5, 0.6) is 0 Å². The molecule has 0 unspecified atom stereocenters. The van der Waals surface area contributed by atoms with Crippen LogP contribution < -0.4 is 20.1 Å². The lowest BCUT2D eigenvalue weighted by atomic mass is 10.2. The zero-order chi connectivity index (χ0) is 21.4. The van der Waals surface area contributed by atoms with Gasteiger partial charge in [-0.2, -0.15) is 5.26 Å². The molecule has 0 bridgehead atoms. The van der Waals surface area contributed by atoms with Gasteiger partial charge >= 0.3 is 0 Å². The number of thiazole rings is 1. The van der Waals surface area contributed by atoms with Gasteiger partial charge in [0.1, 0.15) is 10.7 Å². The number of nitrogens with one attached hydrogen (secondary N) is 1. The highest BCUT2D eigenvalue weighted by atomic mass is 35.5. The van der Waals surface area contributed by atoms with E-state index < -0.39 is 5.91 Å². The summed E-state index contributed by atoms with van der Waals surface area (Å²) in [4.78, 5) is 25.3. The van der Waals surface area contributed by atoms with Gasteiger partial charge in [-0.25, -0.2) is 0 Å². The number of hydrogen-bond acceptors (Lipinski definition) is 6. The smallest absolute Gasteiger partial charge is 0.269 e. The highest BCUT2D eigenvalue weighted by Gasteiger charge is 2.15. The van der Waals surface area contributed by atoms with E-state index in [-0.39, 0.29) is 35.5 Å². The van der Waals surface area contributed by atoms with Gasteiger partial charge < -0.3 is 14.8 Å². The third kappa shape index (κ3) is 5.92. The molecule has 29 heavy (non-hydrogen) atoms. The monoisotopic (exact) mass is 455 g/mol. The molecule has 154 valence electrons. The summed E-state index contributed by atoms with van der Waals surface area (Å²) < 4.78 is 11.9. The summed E-state index contributed by atoms with van der Waals surface area (Å²) in [6.45, 7) is 1.00. The van der Waals surface area contributed by atoms with E-state index >= 15 is 0 Å². The number of nitriles is 1. The van der Waals surface area contributed by atoms with Crippen LogP contribution in [0.2, 0.25) is 10.0 Å². The predicted octanol–water partition coefficient (Wildman–Crippen LogP) is 1.13. The summed E-state index contributed by atoms with van der Waals surface area (Å²) in [6.07, 6.45) is 1.64. The lowest BCUT2D eigenvalue weighted by Crippen LogP contribution is -2.36. The summed E-state index contributed by atoms with van der Waals surface area (Å²) in [5.41, 5.74) is 0.199. The molecule has 0 aliphatic heterocycles. The maximum absolute atomic E-state index is 12.9. The zero-order valence-electron chi connectivity index (χ0n) is 15.8. The zero-order valence-corrected chi connectivity index (χ0v) is 18.2. The van der Waals surface area contributed by atoms with Gasteiger partial charge in [0.25, 0.3) is 11.5 Å². The van der Waals surface area contributed by atoms with Gasteiger partial charge in [0.2, 0.25) is 0 Å². The predicted molar refractivity (Wildman–Crippen MR) is 114 cm³/mol. The minimum absolute atomic E-state index is 0.145. The molecule has 0 aliphatic carbocycles. The van der Waals surface area contributed by atoms with Crippen molar-refractivity contribution >= 4 is 52.1 Å². The summed E-state index contributed by atoms with van der Waals surface area (Å²) in [5, 5.41) is 12.9. The molecular formula is C19H19Cl2N3O4S. The molecule has 0 saturated heterocycles. The number of rotatable bonds is 8. The first-order chi connectivity index (χ1) is 13.9. The van der Waals surface area contributed by atoms with Crippen molar-refractivity contribution in [2.45, 2.75) is 6.54 Å². The van der Waals surface area contributed by atoms with E-state index in [1.54, 1.807) is 24.3 Å². The third-order valence-corrected chi connectivity index (χ3v) is 5.68. The van der Waals surface area contributed by atoms with Crippen LogP contribution in [0.1, 0.15) is 5.56 Å². The second kappa shape index (κ2) is 11.1. The maximum Gasteiger partial charge on any atom is 0.269 e. The van der Waals surface area contributed by atoms with E-state index in [2.05, 4.69) is 5.32 Å². The lowest BCUT2D eigenvalue weighted by Gasteiger charge is -2.04. The van der Waals surface area contributed by atoms with E-state index in [1.807, 2.05) is 6.07 Å². The average molecular weight is 456 g/mol. The Balaban J connectivity index is 2.65. The Morgan fingerprint density at radius 1 is 1.28 bits per heavy atom. The number of carbonyl (C=O) groups excluding carboxylic acids is 1. The van der Waals surface area contributed by atoms with Crippen molar-refractivity contribution in [1.29, 1.82) is 5.26 Å². The fourth-order valence-corrected chi connectivity index (χ4v) is 3.83. The molecule has 7 nitrogen and oxygen atoms in total. The molecule has 1 aromatic heterocycles. The van der Waals surface area contributed by atoms with Gasteiger partial charge in [0.15, 0.2) is 5.57 Å². The van der Waals surface area contributed by atoms with E-state index in [9.17, 15) is 14.9 Å². The van der Waals surface area contributed by atoms with Crippen LogP contribution >= 0.6 is 34.5 Å². The van der Waals surface area contributed by atoms with Crippen molar-refractivity contribution in [3.05, 3.63) is 53.4 Å². The number of nitrogens with zero attached hydrogens (tertiary/aromatic N) is 2. The van der Waals surface area contributed by atoms with Gasteiger partial charge in [-0.3, -0.25) is 14.2 Å². The maximum atomic E-state index is 12.9. The number of hydrogen-bond donors (Lipinski definition) is 1. The van der Waals surface area contributed by atoms with Crippen molar-refractivity contribution < 1.29 is 14.3 Å². The largest absolute Gasteiger partial charge is 0.383 e. The third-order valence-electron chi connectivity index (χ3n) is 3.81. The molecule has 2 aromatic rings. The van der Waals surface area contributed by atoms with Crippen molar-refractivity contribution in [3.8, 4) is 6.07 Å². The molecule has 1 heterocycles. The number of ether oxygens (including phenoxy) is 2. The van der Waals surface area contributed by atoms with E-state index in [0.29, 0.717) is 26.7 Å². The van der Waals surface area contributed by atoms with Crippen molar-refractivity contribution in [2.75, 3.05) is 34.0 Å². The first-order valence-corrected chi connectivity index (χ1v) is 10.1. The second-order valence-electron chi connectivity index (χ2n) is 5.77. The molecule has 1 N–H and O–H groups in total. The molecule has 1 aromatic carbocycles. The Kier molecular flexibility index (Phi) is 8.89. The minimum Gasteiger partial charge on any atom is -0.383 e. The highest BCUT2D eigenvalue weighted by Crippen LogP contribution is 2.22. The Bertz CT molecular complexity index is 1100. The van der Waals surface area contributed by atoms with Crippen LogP contribution in [0.3, 0.4) is 0 Å². The molecule has 0 saturated carbocycles. The normalized spacial score (nSPS) is 12.6. The standard InChI is InChI=1S/C19H19Cl2N3O4S/c1-27-7-5-23-17(25)13(11-22)19-24(6-8-28-2)18(26)16(29-19)10-12-3-4-14(20)15(21)9-12/h3-4,9-10H,5-8H2,1-2H3,(H,23,25)/b16-10-,19-13-. The van der Waals surface area contributed by atoms with Gasteiger partial charge in [0.05, 0.1) is 34.3 Å². The van der Waals surface area contributed by atoms with Gasteiger partial charge in [-0.1, -0.05) is 29.3 Å². The molecule has 0 atom stereocenters. The number of benzene rings is 1. The quantitative estimate of drug-likeness (QED) is 0.602. The Morgan fingerprint density at radius 3 is 2.62 bits per heavy atom. The van der Waals surface area contributed by atoms with Crippen molar-refractivity contribution in [3.63, 3.8) is 0 Å². The van der Waals surface area contributed by atoms with E-state index in [0.717, 1.165) is 11.3 Å². The van der Waals surface area contributed by atoms with Gasteiger partial charge in [-0.05, 0) is 23.8 Å². The fourth-order valence-electron chi connectivity index (χ4n) is 2.40. The average Bonchev–Trinajstić information content (AvgIpc) is 2.99. The Labute approximate surface area is 181 Å². The van der Waals surface area contributed by atoms with Crippen molar-refractivity contribution in [2.24, 2.45) is 0 Å². The molecule has 1 amide bonds. The second-order valence-corrected chi connectivity index (χ2v) is 7.62. The molecule has 2 rings (SSSR count). The lowest BCUT2D eigenvalue weighted by molar-refractivity contribution is -0.115. The fraction of sp³-hybridized carbons (Fsp3) is 0.316. The van der Waals surface area contributed by atoms with E-state index in [1.165, 1.54) is 18.8 Å². The van der Waals surface area contributed by atoms with Gasteiger partial charge in [0, 0.05) is 20.8 Å². The summed E-state index contributed by atoms with van der Waals surface area (Å²) in [6, 6.07) is 6.89. The number of methoxy groups -OCH3 is 2. The molecular weight excluding hydrogens is 437 g/mol. The van der Waals surface area contributed by atoms with Crippen LogP contribution in [0.15, 0.2) is 23.0 Å². The first kappa shape index (κ1) is 23.1. The minimum atomic E-state index is -0.571. The first-order valence-electron chi connectivity index (χ1n) is 8.49. The summed E-state index contributed by atoms with van der Waals surface area (Å²) in [7, 11) is 3.01. The van der Waals surface area contributed by atoms with Crippen LogP contribution in [0.4, 0.5) is 0 Å². The molecule has 10 heteroatoms. The van der Waals surface area contributed by atoms with Crippen LogP contribution in [0, 0.1) is 11.3 Å². The van der Waals surface area contributed by atoms with Crippen molar-refractivity contribution in [1.82, 2.24) is 9.88 Å². The van der Waals surface area contributed by atoms with Crippen LogP contribution in [-0.4, -0.2) is 44.5 Å². The summed E-state index contributed by atoms with van der Waals surface area (Å²) in [5.74, 6) is -0.571. The number of carbonyl (C=O) groups is 1. The topological polar surface area (TPSA) is 93.4 Å². The molecule has 0 aliphatic rings. The number of halogens is 2. The highest BCUT2D eigenvalue weighted by molar-refractivity contribution is 7.07. The Morgan fingerprint density at radius 2 is 2.00 bits per heavy atom. The molecule has 0 spiro atoms. The number of amides is 1. The summed E-state index contributed by atoms with van der Waals surface area (Å²) >= 11 is 13.0. The van der Waals surface area contributed by atoms with E-state index in [4.69, 9.17) is 32.7 Å². The Hall–Kier alpha value is -2.15. The van der Waals surface area contributed by atoms with Crippen LogP contribution in [0.25, 0.3) is 11.6 Å². The van der Waals surface area contributed by atoms with Crippen LogP contribution in [-0.2, 0) is 20.8 Å².